The summed E-state index contributed by atoms with van der Waals surface area (Å²) in [7, 11) is -7.88. The number of nitrogens with one attached hydrogen (secondary N) is 2. The fourth-order valence-electron chi connectivity index (χ4n) is 3.67. The van der Waals surface area contributed by atoms with Crippen LogP contribution in [0.3, 0.4) is 0 Å². The Bertz CT molecular complexity index is 1620. The lowest BCUT2D eigenvalue weighted by molar-refractivity contribution is 0.455. The van der Waals surface area contributed by atoms with E-state index in [0.717, 1.165) is 31.6 Å². The lowest BCUT2D eigenvalue weighted by Gasteiger charge is -2.20. The van der Waals surface area contributed by atoms with Crippen LogP contribution in [0, 0.1) is 5.92 Å². The molecular weight excluding hydrogens is 516 g/mol. The van der Waals surface area contributed by atoms with Crippen LogP contribution in [0.5, 0.6) is 5.75 Å². The Labute approximate surface area is 204 Å². The molecule has 3 heterocycles. The lowest BCUT2D eigenvalue weighted by Crippen LogP contribution is -2.39. The third-order valence-electron chi connectivity index (χ3n) is 5.49. The summed E-state index contributed by atoms with van der Waals surface area (Å²) in [6, 6.07) is 3.79. The van der Waals surface area contributed by atoms with E-state index < -0.39 is 31.4 Å². The smallest absolute Gasteiger partial charge is 0.281 e. The summed E-state index contributed by atoms with van der Waals surface area (Å²) >= 11 is 1.21. The maximum absolute atomic E-state index is 13.3. The van der Waals surface area contributed by atoms with E-state index in [-0.39, 0.29) is 33.4 Å². The second kappa shape index (κ2) is 8.42. The quantitative estimate of drug-likeness (QED) is 0.408. The van der Waals surface area contributed by atoms with Crippen molar-refractivity contribution in [2.45, 2.75) is 30.7 Å². The summed E-state index contributed by atoms with van der Waals surface area (Å²) in [6.45, 7) is 0.305. The molecule has 1 fully saturated rings. The fourth-order valence-corrected chi connectivity index (χ4v) is 6.01. The van der Waals surface area contributed by atoms with E-state index in [0.29, 0.717) is 17.3 Å². The van der Waals surface area contributed by atoms with Crippen LogP contribution >= 0.6 is 11.3 Å². The van der Waals surface area contributed by atoms with Gasteiger partial charge in [-0.25, -0.2) is 26.5 Å². The first-order chi connectivity index (χ1) is 16.5. The number of aryl methyl sites for hydroxylation is 1. The normalized spacial score (nSPS) is 16.8. The number of nitrogens with zero attached hydrogens (tertiary/aromatic N) is 4. The Balaban J connectivity index is 1.65. The number of sulfonamides is 2. The molecule has 0 bridgehead atoms. The molecule has 3 aromatic rings. The summed E-state index contributed by atoms with van der Waals surface area (Å²) in [5, 5.41) is 15.3. The first-order valence-corrected chi connectivity index (χ1v) is 14.7. The minimum atomic E-state index is -4.25. The van der Waals surface area contributed by atoms with Gasteiger partial charge >= 0.3 is 0 Å². The van der Waals surface area contributed by atoms with E-state index in [9.17, 15) is 26.7 Å². The SMILES string of the molecule is CS(=O)(=O)Nc1ccc2c(c1)S(=O)(=O)NC(c1c(O)c(-c3cncs3)nn(CCC3CC3)c1=O)=N2. The van der Waals surface area contributed by atoms with Gasteiger partial charge in [0.15, 0.2) is 11.6 Å². The van der Waals surface area contributed by atoms with Gasteiger partial charge in [0.1, 0.15) is 16.2 Å². The predicted octanol–water partition coefficient (Wildman–Crippen LogP) is 1.61. The van der Waals surface area contributed by atoms with Crippen molar-refractivity contribution in [2.24, 2.45) is 10.9 Å². The van der Waals surface area contributed by atoms with E-state index in [1.54, 1.807) is 5.51 Å². The second-order valence-corrected chi connectivity index (χ2v) is 12.6. The van der Waals surface area contributed by atoms with E-state index in [4.69, 9.17) is 0 Å². The van der Waals surface area contributed by atoms with Crippen molar-refractivity contribution < 1.29 is 21.9 Å². The summed E-state index contributed by atoms with van der Waals surface area (Å²) in [6.07, 6.45) is 5.33. The molecule has 35 heavy (non-hydrogen) atoms. The molecule has 2 aliphatic rings. The standard InChI is InChI=1S/C20H20N6O6S3/c1-34(29,30)24-12-4-5-13-15(8-12)35(31,32)25-19(22-13)16-18(27)17(14-9-21-10-33-14)23-26(20(16)28)7-6-11-2-3-11/h4-5,8-11,24,27H,2-3,6-7H2,1H3,(H,22,25). The molecule has 184 valence electrons. The minimum Gasteiger partial charge on any atom is -0.505 e. The van der Waals surface area contributed by atoms with Gasteiger partial charge in [0, 0.05) is 18.4 Å². The van der Waals surface area contributed by atoms with Crippen LogP contribution < -0.4 is 15.0 Å². The second-order valence-electron chi connectivity index (χ2n) is 8.32. The van der Waals surface area contributed by atoms with Crippen molar-refractivity contribution in [3.05, 3.63) is 45.8 Å². The van der Waals surface area contributed by atoms with Crippen LogP contribution in [-0.2, 0) is 26.6 Å². The largest absolute Gasteiger partial charge is 0.505 e. The zero-order valence-corrected chi connectivity index (χ0v) is 20.7. The van der Waals surface area contributed by atoms with Gasteiger partial charge in [-0.2, -0.15) is 5.10 Å². The highest BCUT2D eigenvalue weighted by Gasteiger charge is 2.32. The van der Waals surface area contributed by atoms with E-state index in [1.165, 1.54) is 34.3 Å². The van der Waals surface area contributed by atoms with E-state index in [1.807, 2.05) is 0 Å². The molecule has 0 saturated heterocycles. The molecule has 1 saturated carbocycles. The van der Waals surface area contributed by atoms with Gasteiger partial charge in [-0.3, -0.25) is 19.2 Å². The molecule has 1 aliphatic heterocycles. The topological polar surface area (TPSA) is 173 Å². The number of anilines is 1. The van der Waals surface area contributed by atoms with E-state index >= 15 is 0 Å². The summed E-state index contributed by atoms with van der Waals surface area (Å²) < 4.78 is 54.8. The molecule has 5 rings (SSSR count). The first-order valence-electron chi connectivity index (χ1n) is 10.5. The minimum absolute atomic E-state index is 0.0164. The Morgan fingerprint density at radius 2 is 2.09 bits per heavy atom. The number of amidine groups is 1. The van der Waals surface area contributed by atoms with Crippen LogP contribution in [0.2, 0.25) is 0 Å². The summed E-state index contributed by atoms with van der Waals surface area (Å²) in [5.74, 6) is -0.348. The van der Waals surface area contributed by atoms with Gasteiger partial charge in [-0.15, -0.1) is 11.3 Å². The maximum atomic E-state index is 13.3. The van der Waals surface area contributed by atoms with Crippen LogP contribution in [0.1, 0.15) is 24.8 Å². The molecule has 0 amide bonds. The van der Waals surface area contributed by atoms with Crippen LogP contribution in [-0.4, -0.2) is 48.8 Å². The molecule has 15 heteroatoms. The third-order valence-corrected chi connectivity index (χ3v) is 8.25. The van der Waals surface area contributed by atoms with Crippen molar-refractivity contribution in [3.8, 4) is 16.3 Å². The zero-order chi connectivity index (χ0) is 25.0. The number of aromatic nitrogens is 3. The molecule has 0 atom stereocenters. The first kappa shape index (κ1) is 23.4. The highest BCUT2D eigenvalue weighted by atomic mass is 32.2. The van der Waals surface area contributed by atoms with Gasteiger partial charge in [-0.05, 0) is 30.5 Å². The molecule has 1 aliphatic carbocycles. The van der Waals surface area contributed by atoms with E-state index in [2.05, 4.69) is 24.5 Å². The van der Waals surface area contributed by atoms with Gasteiger partial charge in [0.05, 0.1) is 22.3 Å². The highest BCUT2D eigenvalue weighted by Crippen LogP contribution is 2.36. The number of aliphatic imine (C=N–C) groups is 1. The van der Waals surface area contributed by atoms with Crippen molar-refractivity contribution in [3.63, 3.8) is 0 Å². The Morgan fingerprint density at radius 1 is 1.31 bits per heavy atom. The lowest BCUT2D eigenvalue weighted by atomic mass is 10.2. The predicted molar refractivity (Wildman–Crippen MR) is 130 cm³/mol. The van der Waals surface area contributed by atoms with Crippen molar-refractivity contribution in [1.29, 1.82) is 0 Å². The summed E-state index contributed by atoms with van der Waals surface area (Å²) in [5.41, 5.74) is 0.658. The molecule has 0 radical (unpaired) electrons. The van der Waals surface area contributed by atoms with Gasteiger partial charge in [0.25, 0.3) is 15.6 Å². The third kappa shape index (κ3) is 4.78. The summed E-state index contributed by atoms with van der Waals surface area (Å²) in [4.78, 5) is 21.8. The number of benzene rings is 1. The number of hydrogen-bond acceptors (Lipinski definition) is 10. The number of hydrogen-bond donors (Lipinski definition) is 3. The Kier molecular flexibility index (Phi) is 5.64. The maximum Gasteiger partial charge on any atom is 0.281 e. The van der Waals surface area contributed by atoms with Gasteiger partial charge < -0.3 is 5.11 Å². The number of fused-ring (bicyclic) bond motifs is 1. The van der Waals surface area contributed by atoms with Crippen LogP contribution in [0.4, 0.5) is 11.4 Å². The molecular formula is C20H20N6O6S3. The monoisotopic (exact) mass is 536 g/mol. The average molecular weight is 537 g/mol. The highest BCUT2D eigenvalue weighted by molar-refractivity contribution is 7.92. The average Bonchev–Trinajstić information content (AvgIpc) is 3.43. The number of rotatable bonds is 7. The molecule has 0 spiro atoms. The molecule has 3 N–H and O–H groups in total. The Hall–Kier alpha value is -3.30. The van der Waals surface area contributed by atoms with Crippen LogP contribution in [0.25, 0.3) is 10.6 Å². The fraction of sp³-hybridized carbons (Fsp3) is 0.300. The molecule has 2 aromatic heterocycles. The molecule has 12 nitrogen and oxygen atoms in total. The van der Waals surface area contributed by atoms with Crippen molar-refractivity contribution in [2.75, 3.05) is 11.0 Å². The van der Waals surface area contributed by atoms with Gasteiger partial charge in [0.2, 0.25) is 10.0 Å². The van der Waals surface area contributed by atoms with Gasteiger partial charge in [-0.1, -0.05) is 12.8 Å². The zero-order valence-electron chi connectivity index (χ0n) is 18.3. The molecule has 1 aromatic carbocycles. The van der Waals surface area contributed by atoms with Crippen LogP contribution in [0.15, 0.2) is 44.6 Å². The van der Waals surface area contributed by atoms with Crippen molar-refractivity contribution in [1.82, 2.24) is 19.5 Å². The molecule has 0 unspecified atom stereocenters. The Morgan fingerprint density at radius 3 is 2.74 bits per heavy atom. The van der Waals surface area contributed by atoms with Crippen molar-refractivity contribution >= 4 is 48.6 Å². The number of thiazole rings is 1. The number of aromatic hydroxyl groups is 1.